The average molecular weight is 248 g/mol. The minimum atomic E-state index is -0.490. The lowest BCUT2D eigenvalue weighted by molar-refractivity contribution is -0.121. The summed E-state index contributed by atoms with van der Waals surface area (Å²) in [6.07, 6.45) is 0.885. The molecule has 4 heteroatoms. The molecule has 0 bridgehead atoms. The number of carbonyl (C=O) groups excluding carboxylic acids is 1. The van der Waals surface area contributed by atoms with Crippen LogP contribution in [0, 0.1) is 6.92 Å². The number of hydrogen-bond acceptors (Lipinski definition) is 3. The molecular formula is C14H20N2O2. The van der Waals surface area contributed by atoms with Crippen LogP contribution in [0.1, 0.15) is 18.9 Å². The van der Waals surface area contributed by atoms with E-state index in [2.05, 4.69) is 5.32 Å². The van der Waals surface area contributed by atoms with Gasteiger partial charge in [-0.15, -0.1) is 0 Å². The van der Waals surface area contributed by atoms with Gasteiger partial charge in [-0.05, 0) is 38.9 Å². The van der Waals surface area contributed by atoms with E-state index in [0.29, 0.717) is 0 Å². The van der Waals surface area contributed by atoms with E-state index in [0.717, 1.165) is 18.7 Å². The van der Waals surface area contributed by atoms with Gasteiger partial charge in [-0.25, -0.2) is 0 Å². The Hall–Kier alpha value is -1.39. The summed E-state index contributed by atoms with van der Waals surface area (Å²) in [5, 5.41) is 12.4. The van der Waals surface area contributed by atoms with Crippen molar-refractivity contribution in [3.8, 4) is 0 Å². The molecule has 1 amide bonds. The number of aliphatic hydroxyl groups is 1. The van der Waals surface area contributed by atoms with Crippen molar-refractivity contribution >= 4 is 11.6 Å². The summed E-state index contributed by atoms with van der Waals surface area (Å²) in [6.45, 7) is 4.66. The molecule has 0 aliphatic carbocycles. The molecule has 2 N–H and O–H groups in total. The lowest BCUT2D eigenvalue weighted by atomic mass is 10.1. The minimum absolute atomic E-state index is 0.0497. The minimum Gasteiger partial charge on any atom is -0.394 e. The molecule has 2 rings (SSSR count). The Balaban J connectivity index is 2.31. The Kier molecular flexibility index (Phi) is 3.99. The number of hydrogen-bond donors (Lipinski definition) is 2. The van der Waals surface area contributed by atoms with Gasteiger partial charge in [0.05, 0.1) is 6.61 Å². The quantitative estimate of drug-likeness (QED) is 0.823. The van der Waals surface area contributed by atoms with E-state index >= 15 is 0 Å². The van der Waals surface area contributed by atoms with E-state index < -0.39 is 6.04 Å². The van der Waals surface area contributed by atoms with E-state index in [-0.39, 0.29) is 18.6 Å². The first-order chi connectivity index (χ1) is 8.63. The summed E-state index contributed by atoms with van der Waals surface area (Å²) in [4.78, 5) is 14.2. The Bertz CT molecular complexity index is 416. The van der Waals surface area contributed by atoms with Crippen LogP contribution in [0.4, 0.5) is 5.69 Å². The van der Waals surface area contributed by atoms with E-state index in [1.807, 2.05) is 38.1 Å². The monoisotopic (exact) mass is 248 g/mol. The third kappa shape index (κ3) is 2.54. The molecule has 1 aliphatic heterocycles. The molecule has 0 spiro atoms. The summed E-state index contributed by atoms with van der Waals surface area (Å²) in [5.74, 6) is -0.0497. The normalized spacial score (nSPS) is 25.1. The van der Waals surface area contributed by atoms with Crippen LogP contribution >= 0.6 is 0 Å². The smallest absolute Gasteiger partial charge is 0.246 e. The first-order valence-electron chi connectivity index (χ1n) is 6.37. The molecule has 1 aromatic rings. The summed E-state index contributed by atoms with van der Waals surface area (Å²) >= 11 is 0. The topological polar surface area (TPSA) is 52.6 Å². The highest BCUT2D eigenvalue weighted by molar-refractivity contribution is 5.98. The number of carbonyl (C=O) groups is 1. The summed E-state index contributed by atoms with van der Waals surface area (Å²) in [6, 6.07) is 7.58. The fourth-order valence-corrected chi connectivity index (χ4v) is 2.30. The molecule has 98 valence electrons. The highest BCUT2D eigenvalue weighted by Crippen LogP contribution is 2.22. The van der Waals surface area contributed by atoms with Crippen molar-refractivity contribution in [3.05, 3.63) is 29.8 Å². The van der Waals surface area contributed by atoms with Crippen LogP contribution in [0.15, 0.2) is 24.3 Å². The molecule has 2 atom stereocenters. The molecule has 4 nitrogen and oxygen atoms in total. The number of aryl methyl sites for hydroxylation is 1. The zero-order valence-electron chi connectivity index (χ0n) is 10.9. The molecule has 2 unspecified atom stereocenters. The zero-order chi connectivity index (χ0) is 13.1. The molecule has 1 aliphatic rings. The van der Waals surface area contributed by atoms with Crippen LogP contribution < -0.4 is 10.2 Å². The van der Waals surface area contributed by atoms with Crippen molar-refractivity contribution in [2.24, 2.45) is 0 Å². The molecule has 1 saturated heterocycles. The SMILES string of the molecule is Cc1ccc(N2C(=O)C(CO)NCCC2C)cc1. The number of benzene rings is 1. The Labute approximate surface area is 108 Å². The summed E-state index contributed by atoms with van der Waals surface area (Å²) in [7, 11) is 0. The van der Waals surface area contributed by atoms with E-state index in [9.17, 15) is 9.90 Å². The molecule has 0 saturated carbocycles. The Morgan fingerprint density at radius 2 is 2.06 bits per heavy atom. The van der Waals surface area contributed by atoms with Gasteiger partial charge >= 0.3 is 0 Å². The molecule has 18 heavy (non-hydrogen) atoms. The van der Waals surface area contributed by atoms with Gasteiger partial charge in [0.25, 0.3) is 0 Å². The van der Waals surface area contributed by atoms with Gasteiger partial charge in [-0.1, -0.05) is 17.7 Å². The van der Waals surface area contributed by atoms with Crippen molar-refractivity contribution in [1.82, 2.24) is 5.32 Å². The lowest BCUT2D eigenvalue weighted by Crippen LogP contribution is -2.47. The summed E-state index contributed by atoms with van der Waals surface area (Å²) < 4.78 is 0. The third-order valence-corrected chi connectivity index (χ3v) is 3.42. The number of nitrogens with one attached hydrogen (secondary N) is 1. The standard InChI is InChI=1S/C14H20N2O2/c1-10-3-5-12(6-4-10)16-11(2)7-8-15-13(9-17)14(16)18/h3-6,11,13,15,17H,7-9H2,1-2H3. The van der Waals surface area contributed by atoms with Crippen molar-refractivity contribution < 1.29 is 9.90 Å². The predicted octanol–water partition coefficient (Wildman–Crippen LogP) is 1.07. The Morgan fingerprint density at radius 3 is 2.67 bits per heavy atom. The van der Waals surface area contributed by atoms with Crippen molar-refractivity contribution in [3.63, 3.8) is 0 Å². The second-order valence-corrected chi connectivity index (χ2v) is 4.87. The molecule has 1 aromatic carbocycles. The first kappa shape index (κ1) is 13.1. The average Bonchev–Trinajstić information content (AvgIpc) is 2.50. The maximum atomic E-state index is 12.4. The van der Waals surface area contributed by atoms with Gasteiger partial charge in [0.1, 0.15) is 6.04 Å². The lowest BCUT2D eigenvalue weighted by Gasteiger charge is -2.29. The fraction of sp³-hybridized carbons (Fsp3) is 0.500. The summed E-state index contributed by atoms with van der Waals surface area (Å²) in [5.41, 5.74) is 2.07. The van der Waals surface area contributed by atoms with E-state index in [1.165, 1.54) is 5.56 Å². The van der Waals surface area contributed by atoms with Crippen molar-refractivity contribution in [2.75, 3.05) is 18.1 Å². The highest BCUT2D eigenvalue weighted by Gasteiger charge is 2.31. The number of anilines is 1. The number of amides is 1. The Morgan fingerprint density at radius 1 is 1.39 bits per heavy atom. The van der Waals surface area contributed by atoms with Crippen LogP contribution in [0.25, 0.3) is 0 Å². The highest BCUT2D eigenvalue weighted by atomic mass is 16.3. The van der Waals surface area contributed by atoms with Crippen LogP contribution in [-0.4, -0.2) is 36.2 Å². The maximum Gasteiger partial charge on any atom is 0.246 e. The van der Waals surface area contributed by atoms with Gasteiger partial charge in [-0.2, -0.15) is 0 Å². The second kappa shape index (κ2) is 5.50. The third-order valence-electron chi connectivity index (χ3n) is 3.42. The van der Waals surface area contributed by atoms with Crippen LogP contribution in [0.2, 0.25) is 0 Å². The largest absolute Gasteiger partial charge is 0.394 e. The number of aliphatic hydroxyl groups excluding tert-OH is 1. The first-order valence-corrected chi connectivity index (χ1v) is 6.37. The van der Waals surface area contributed by atoms with Crippen LogP contribution in [0.3, 0.4) is 0 Å². The molecule has 1 heterocycles. The second-order valence-electron chi connectivity index (χ2n) is 4.87. The van der Waals surface area contributed by atoms with E-state index in [1.54, 1.807) is 4.90 Å². The van der Waals surface area contributed by atoms with Crippen molar-refractivity contribution in [1.29, 1.82) is 0 Å². The zero-order valence-corrected chi connectivity index (χ0v) is 10.9. The van der Waals surface area contributed by atoms with Gasteiger partial charge in [0.15, 0.2) is 0 Å². The maximum absolute atomic E-state index is 12.4. The van der Waals surface area contributed by atoms with Crippen LogP contribution in [-0.2, 0) is 4.79 Å². The fourth-order valence-electron chi connectivity index (χ4n) is 2.30. The molecule has 0 aromatic heterocycles. The van der Waals surface area contributed by atoms with Gasteiger partial charge in [0, 0.05) is 11.7 Å². The van der Waals surface area contributed by atoms with Gasteiger partial charge in [-0.3, -0.25) is 4.79 Å². The predicted molar refractivity (Wildman–Crippen MR) is 71.6 cm³/mol. The molecule has 0 radical (unpaired) electrons. The number of rotatable bonds is 2. The van der Waals surface area contributed by atoms with Crippen LogP contribution in [0.5, 0.6) is 0 Å². The van der Waals surface area contributed by atoms with E-state index in [4.69, 9.17) is 0 Å². The number of nitrogens with zero attached hydrogens (tertiary/aromatic N) is 1. The molecule has 1 fully saturated rings. The van der Waals surface area contributed by atoms with Gasteiger partial charge < -0.3 is 15.3 Å². The molecular weight excluding hydrogens is 228 g/mol. The van der Waals surface area contributed by atoms with Gasteiger partial charge in [0.2, 0.25) is 5.91 Å². The van der Waals surface area contributed by atoms with Crippen molar-refractivity contribution in [2.45, 2.75) is 32.4 Å².